The third kappa shape index (κ3) is 3.02. The average molecular weight is 399 g/mol. The molecule has 1 radical (unpaired) electrons. The van der Waals surface area contributed by atoms with E-state index in [9.17, 15) is 0 Å². The second-order valence-electron chi connectivity index (χ2n) is 7.32. The van der Waals surface area contributed by atoms with Crippen LogP contribution < -0.4 is 9.31 Å². The molecule has 0 unspecified atom stereocenters. The Hall–Kier alpha value is -4.12. The van der Waals surface area contributed by atoms with Crippen molar-refractivity contribution in [2.45, 2.75) is 0 Å². The Labute approximate surface area is 179 Å². The van der Waals surface area contributed by atoms with Gasteiger partial charge in [-0.2, -0.15) is 0 Å². The Morgan fingerprint density at radius 2 is 0.935 bits per heavy atom. The van der Waals surface area contributed by atoms with E-state index in [1.807, 2.05) is 48.5 Å². The lowest BCUT2D eigenvalue weighted by molar-refractivity contribution is 0.465. The van der Waals surface area contributed by atoms with E-state index in [1.54, 1.807) is 12.4 Å². The van der Waals surface area contributed by atoms with E-state index < -0.39 is 0 Å². The summed E-state index contributed by atoms with van der Waals surface area (Å²) in [6.07, 6.45) is 3.60. The maximum Gasteiger partial charge on any atom is 0.658 e. The lowest BCUT2D eigenvalue weighted by Gasteiger charge is -2.13. The highest BCUT2D eigenvalue weighted by Crippen LogP contribution is 2.33. The highest BCUT2D eigenvalue weighted by molar-refractivity contribution is 6.23. The van der Waals surface area contributed by atoms with Gasteiger partial charge in [0.1, 0.15) is 11.5 Å². The smallest absolute Gasteiger partial charge is 0.526 e. The summed E-state index contributed by atoms with van der Waals surface area (Å²) >= 11 is 0. The number of rotatable bonds is 4. The van der Waals surface area contributed by atoms with Crippen LogP contribution in [0.3, 0.4) is 0 Å². The van der Waals surface area contributed by atoms with Gasteiger partial charge < -0.3 is 9.31 Å². The van der Waals surface area contributed by atoms with Gasteiger partial charge in [0.25, 0.3) is 0 Å². The van der Waals surface area contributed by atoms with Gasteiger partial charge in [-0.05, 0) is 35.0 Å². The predicted molar refractivity (Wildman–Crippen MR) is 126 cm³/mol. The molecule has 0 bridgehead atoms. The van der Waals surface area contributed by atoms with Crippen LogP contribution in [-0.2, 0) is 0 Å². The zero-order valence-corrected chi connectivity index (χ0v) is 16.5. The minimum Gasteiger partial charge on any atom is -0.526 e. The normalized spacial score (nSPS) is 11.2. The van der Waals surface area contributed by atoms with Crippen LogP contribution in [0.1, 0.15) is 0 Å². The number of aromatic nitrogens is 2. The van der Waals surface area contributed by atoms with Gasteiger partial charge in [0, 0.05) is 33.9 Å². The van der Waals surface area contributed by atoms with Crippen molar-refractivity contribution in [2.75, 3.05) is 0 Å². The molecule has 2 heterocycles. The zero-order valence-electron chi connectivity index (χ0n) is 16.5. The second kappa shape index (κ2) is 7.29. The molecule has 4 aromatic carbocycles. The fraction of sp³-hybridized carbons (Fsp3) is 0. The van der Waals surface area contributed by atoms with Crippen molar-refractivity contribution in [3.63, 3.8) is 0 Å². The Morgan fingerprint density at radius 3 is 1.45 bits per heavy atom. The summed E-state index contributed by atoms with van der Waals surface area (Å²) in [7, 11) is 1.38. The van der Waals surface area contributed by atoms with Crippen molar-refractivity contribution in [3.05, 3.63) is 97.3 Å². The molecule has 6 rings (SSSR count). The molecule has 6 aromatic rings. The Bertz CT molecular complexity index is 1460. The van der Waals surface area contributed by atoms with Gasteiger partial charge in [-0.15, -0.1) is 0 Å². The van der Waals surface area contributed by atoms with E-state index in [4.69, 9.17) is 9.31 Å². The molecule has 0 aliphatic carbocycles. The lowest BCUT2D eigenvalue weighted by atomic mass is 10.0. The van der Waals surface area contributed by atoms with Gasteiger partial charge in [0.2, 0.25) is 0 Å². The van der Waals surface area contributed by atoms with Gasteiger partial charge in [-0.3, -0.25) is 9.97 Å². The quantitative estimate of drug-likeness (QED) is 0.266. The van der Waals surface area contributed by atoms with Crippen LogP contribution in [0.4, 0.5) is 0 Å². The van der Waals surface area contributed by atoms with Crippen molar-refractivity contribution in [2.24, 2.45) is 0 Å². The van der Waals surface area contributed by atoms with Crippen LogP contribution >= 0.6 is 0 Å². The van der Waals surface area contributed by atoms with Gasteiger partial charge in [0.05, 0.1) is 11.0 Å². The minimum absolute atomic E-state index is 0.699. The molecule has 0 aliphatic rings. The van der Waals surface area contributed by atoms with E-state index in [1.165, 1.54) is 7.69 Å². The summed E-state index contributed by atoms with van der Waals surface area (Å²) in [4.78, 5) is 9.14. The minimum atomic E-state index is 0.699. The highest BCUT2D eigenvalue weighted by atomic mass is 16.6. The first kappa shape index (κ1) is 17.7. The molecule has 145 valence electrons. The average Bonchev–Trinajstić information content (AvgIpc) is 2.84. The largest absolute Gasteiger partial charge is 0.658 e. The topological polar surface area (TPSA) is 44.2 Å². The Balaban J connectivity index is 1.37. The fourth-order valence-corrected chi connectivity index (χ4v) is 4.09. The molecular weight excluding hydrogens is 383 g/mol. The van der Waals surface area contributed by atoms with E-state index in [0.717, 1.165) is 43.4 Å². The first-order chi connectivity index (χ1) is 15.4. The van der Waals surface area contributed by atoms with Crippen LogP contribution in [0.15, 0.2) is 97.3 Å². The SMILES string of the molecule is [B](Oc1cccc2ccc3cccnc3c12)Oc1cccc2ccc3cccnc3c12. The number of fused-ring (bicyclic) bond motifs is 6. The zero-order chi connectivity index (χ0) is 20.6. The molecular formula is C26H16BN2O2. The highest BCUT2D eigenvalue weighted by Gasteiger charge is 2.12. The van der Waals surface area contributed by atoms with Crippen molar-refractivity contribution < 1.29 is 9.31 Å². The molecule has 5 heteroatoms. The van der Waals surface area contributed by atoms with Crippen LogP contribution in [0, 0.1) is 0 Å². The number of pyridine rings is 2. The number of hydrogen-bond acceptors (Lipinski definition) is 4. The third-order valence-electron chi connectivity index (χ3n) is 5.50. The van der Waals surface area contributed by atoms with Crippen molar-refractivity contribution >= 4 is 51.0 Å². The first-order valence-electron chi connectivity index (χ1n) is 10.1. The molecule has 0 atom stereocenters. The van der Waals surface area contributed by atoms with Crippen LogP contribution in [0.2, 0.25) is 0 Å². The molecule has 0 aliphatic heterocycles. The van der Waals surface area contributed by atoms with E-state index in [0.29, 0.717) is 11.5 Å². The molecule has 0 amide bonds. The molecule has 4 nitrogen and oxygen atoms in total. The van der Waals surface area contributed by atoms with E-state index in [-0.39, 0.29) is 0 Å². The predicted octanol–water partition coefficient (Wildman–Crippen LogP) is 6.08. The summed E-state index contributed by atoms with van der Waals surface area (Å²) in [6, 6.07) is 28.2. The second-order valence-corrected chi connectivity index (χ2v) is 7.32. The van der Waals surface area contributed by atoms with Crippen LogP contribution in [-0.4, -0.2) is 17.7 Å². The van der Waals surface area contributed by atoms with Crippen LogP contribution in [0.25, 0.3) is 43.4 Å². The Morgan fingerprint density at radius 1 is 0.484 bits per heavy atom. The fourth-order valence-electron chi connectivity index (χ4n) is 4.09. The standard InChI is InChI=1S/C26H16BN2O2/c1-5-17-11-13-19-7-3-15-28-25(19)23(17)21(9-1)30-27-31-22-10-2-6-18-12-14-20-8-4-16-29-26(20)24(18)22/h1-16H. The molecule has 31 heavy (non-hydrogen) atoms. The number of nitrogens with zero attached hydrogens (tertiary/aromatic N) is 2. The number of benzene rings is 4. The number of hydrogen-bond donors (Lipinski definition) is 0. The summed E-state index contributed by atoms with van der Waals surface area (Å²) in [6.45, 7) is 0. The molecule has 2 aromatic heterocycles. The molecule has 0 saturated carbocycles. The summed E-state index contributed by atoms with van der Waals surface area (Å²) in [5.41, 5.74) is 1.81. The molecule has 0 N–H and O–H groups in total. The van der Waals surface area contributed by atoms with Gasteiger partial charge in [0.15, 0.2) is 0 Å². The summed E-state index contributed by atoms with van der Waals surface area (Å²) < 4.78 is 12.0. The molecule has 0 spiro atoms. The Kier molecular flexibility index (Phi) is 4.17. The van der Waals surface area contributed by atoms with Crippen molar-refractivity contribution in [1.82, 2.24) is 9.97 Å². The van der Waals surface area contributed by atoms with E-state index in [2.05, 4.69) is 46.4 Å². The van der Waals surface area contributed by atoms with E-state index >= 15 is 0 Å². The summed E-state index contributed by atoms with van der Waals surface area (Å²) in [5, 5.41) is 6.20. The van der Waals surface area contributed by atoms with Gasteiger partial charge >= 0.3 is 7.69 Å². The first-order valence-corrected chi connectivity index (χ1v) is 10.1. The summed E-state index contributed by atoms with van der Waals surface area (Å²) in [5.74, 6) is 1.40. The van der Waals surface area contributed by atoms with Crippen LogP contribution in [0.5, 0.6) is 11.5 Å². The lowest BCUT2D eigenvalue weighted by Crippen LogP contribution is -2.11. The molecule has 0 saturated heterocycles. The van der Waals surface area contributed by atoms with Gasteiger partial charge in [-0.1, -0.05) is 60.7 Å². The molecule has 0 fully saturated rings. The monoisotopic (exact) mass is 399 g/mol. The maximum atomic E-state index is 5.98. The van der Waals surface area contributed by atoms with Crippen molar-refractivity contribution in [1.29, 1.82) is 0 Å². The third-order valence-corrected chi connectivity index (χ3v) is 5.50. The maximum absolute atomic E-state index is 5.98. The van der Waals surface area contributed by atoms with Gasteiger partial charge in [-0.25, -0.2) is 0 Å². The van der Waals surface area contributed by atoms with Crippen molar-refractivity contribution in [3.8, 4) is 11.5 Å².